The molecule has 31 heteroatoms. The third kappa shape index (κ3) is 19.1. The van der Waals surface area contributed by atoms with Crippen LogP contribution in [0.25, 0.3) is 10.9 Å². The van der Waals surface area contributed by atoms with Crippen molar-refractivity contribution in [3.05, 3.63) is 29.3 Å². The molecule has 3 aliphatic heterocycles. The number of hydrogen-bond donors (Lipinski definition) is 12. The molecule has 0 aliphatic carbocycles. The highest BCUT2D eigenvalue weighted by atomic mass is 79.9. The van der Waals surface area contributed by atoms with Crippen LogP contribution in [0.2, 0.25) is 0 Å². The van der Waals surface area contributed by atoms with Crippen LogP contribution in [0.5, 0.6) is 0 Å². The Kier molecular flexibility index (Phi) is 26.2. The number of carboxylic acids is 2. The number of aliphatic carboxylic acids is 2. The number of unbranched alkanes of at least 4 members (excludes halogenated alkanes) is 1. The van der Waals surface area contributed by atoms with Crippen LogP contribution < -0.4 is 31.9 Å². The fourth-order valence-electron chi connectivity index (χ4n) is 10.2. The van der Waals surface area contributed by atoms with Gasteiger partial charge in [-0.25, -0.2) is 10.0 Å². The summed E-state index contributed by atoms with van der Waals surface area (Å²) in [6.07, 6.45) is -5.45. The summed E-state index contributed by atoms with van der Waals surface area (Å²) in [5.74, 6) is -16.7. The molecule has 2 bridgehead atoms. The van der Waals surface area contributed by atoms with Gasteiger partial charge in [0.2, 0.25) is 47.3 Å². The number of aliphatic hydroxyl groups is 3. The average molecular weight is 1290 g/mol. The molecule has 10 atom stereocenters. The molecule has 2 unspecified atom stereocenters. The Morgan fingerprint density at radius 1 is 0.767 bits per heavy atom. The zero-order valence-corrected chi connectivity index (χ0v) is 50.4. The third-order valence-corrected chi connectivity index (χ3v) is 16.8. The first-order chi connectivity index (χ1) is 40.7. The molecule has 0 radical (unpaired) electrons. The van der Waals surface area contributed by atoms with E-state index in [0.29, 0.717) is 27.9 Å². The lowest BCUT2D eigenvalue weighted by atomic mass is 9.93. The number of carboxylic acid groups (broad SMARTS) is 2. The molecule has 86 heavy (non-hydrogen) atoms. The molecule has 9 amide bonds. The van der Waals surface area contributed by atoms with Crippen LogP contribution in [0.4, 0.5) is 0 Å². The van der Waals surface area contributed by atoms with Crippen LogP contribution in [0.3, 0.4) is 0 Å². The number of hydrogen-bond acceptors (Lipinski definition) is 18. The first kappa shape index (κ1) is 69.4. The van der Waals surface area contributed by atoms with E-state index in [1.165, 1.54) is 13.8 Å². The monoisotopic (exact) mass is 1290 g/mol. The topological polar surface area (TPSA) is 438 Å². The number of carbonyl (C=O) groups excluding carboxylic acids is 12. The van der Waals surface area contributed by atoms with Crippen LogP contribution in [-0.4, -0.2) is 221 Å². The molecule has 29 nitrogen and oxygen atoms in total. The van der Waals surface area contributed by atoms with Crippen LogP contribution in [0, 0.1) is 17.8 Å². The number of aliphatic hydroxyl groups excluding tert-OH is 3. The van der Waals surface area contributed by atoms with Gasteiger partial charge in [-0.3, -0.25) is 67.1 Å². The number of nitrogens with one attached hydrogen (secondary N) is 7. The van der Waals surface area contributed by atoms with Gasteiger partial charge in [-0.05, 0) is 42.0 Å². The number of Topliss-reactive ketones (excluding diaryl/α,β-unsaturated/α-hetero) is 3. The Labute approximate surface area is 506 Å². The van der Waals surface area contributed by atoms with Crippen molar-refractivity contribution in [1.82, 2.24) is 51.8 Å². The largest absolute Gasteiger partial charge is 0.481 e. The van der Waals surface area contributed by atoms with Gasteiger partial charge in [-0.15, -0.1) is 11.8 Å². The fourth-order valence-corrected chi connectivity index (χ4v) is 11.6. The summed E-state index contributed by atoms with van der Waals surface area (Å²) in [5.41, 5.74) is 1.09. The first-order valence-electron chi connectivity index (χ1n) is 28.1. The number of carbonyl (C=O) groups is 14. The number of benzene rings is 1. The SMILES string of the molecule is CCC(=O)N(CC(=O)O)N(CC(=O)CCCCC(=O)Cc1ccc2[nH]c3c(c2c1)C[C@H]1NC(=O)[C@H](C(C)C(O)CO)NC(=O)[C@@H]2C[C@@H](O)CN2C(=O)[C@H](CC(=O)O)CC(=O)[C@H](CS3)NC(=O)CNC(=O)[C@H]([C@@H](C)CC)NC(=O)CNC1=O)C(=O)CBr. The molecule has 2 aromatic rings. The third-order valence-electron chi connectivity index (χ3n) is 15.2. The lowest BCUT2D eigenvalue weighted by Gasteiger charge is -2.32. The van der Waals surface area contributed by atoms with Crippen molar-refractivity contribution < 1.29 is 92.7 Å². The van der Waals surface area contributed by atoms with E-state index in [0.717, 1.165) is 21.7 Å². The number of hydrazine groups is 1. The second-order valence-corrected chi connectivity index (χ2v) is 23.2. The predicted molar refractivity (Wildman–Crippen MR) is 307 cm³/mol. The van der Waals surface area contributed by atoms with Crippen LogP contribution in [-0.2, 0) is 80.0 Å². The van der Waals surface area contributed by atoms with E-state index < -0.39 is 202 Å². The molecule has 0 saturated carbocycles. The summed E-state index contributed by atoms with van der Waals surface area (Å²) in [4.78, 5) is 194. The van der Waals surface area contributed by atoms with Gasteiger partial charge in [0.25, 0.3) is 5.91 Å². The molecule has 0 spiro atoms. The lowest BCUT2D eigenvalue weighted by Crippen LogP contribution is -2.60. The zero-order chi connectivity index (χ0) is 63.7. The maximum absolute atomic E-state index is 14.8. The van der Waals surface area contributed by atoms with Crippen molar-refractivity contribution >= 4 is 121 Å². The number of amides is 9. The van der Waals surface area contributed by atoms with Gasteiger partial charge in [-0.1, -0.05) is 56.1 Å². The summed E-state index contributed by atoms with van der Waals surface area (Å²) >= 11 is 3.92. The van der Waals surface area contributed by atoms with Crippen molar-refractivity contribution in [2.75, 3.05) is 50.4 Å². The fraction of sp³-hybridized carbons (Fsp3) is 0.600. The molecule has 3 aliphatic rings. The molecular formula is C55H75BrN10O19S. The van der Waals surface area contributed by atoms with Crippen molar-refractivity contribution in [2.24, 2.45) is 17.8 Å². The number of alkyl halides is 1. The number of ketones is 3. The van der Waals surface area contributed by atoms with Crippen molar-refractivity contribution in [3.8, 4) is 0 Å². The van der Waals surface area contributed by atoms with Gasteiger partial charge in [0.05, 0.1) is 60.6 Å². The van der Waals surface area contributed by atoms with Crippen molar-refractivity contribution in [3.63, 3.8) is 0 Å². The van der Waals surface area contributed by atoms with E-state index in [1.54, 1.807) is 32.0 Å². The minimum atomic E-state index is -1.81. The van der Waals surface area contributed by atoms with Crippen molar-refractivity contribution in [2.45, 2.75) is 146 Å². The van der Waals surface area contributed by atoms with E-state index in [9.17, 15) is 92.7 Å². The molecule has 1 aromatic heterocycles. The molecule has 12 N–H and O–H groups in total. The number of rotatable bonds is 20. The summed E-state index contributed by atoms with van der Waals surface area (Å²) in [6.45, 7) is 1.78. The summed E-state index contributed by atoms with van der Waals surface area (Å²) < 4.78 is 0. The number of aromatic nitrogens is 1. The minimum Gasteiger partial charge on any atom is -0.481 e. The highest BCUT2D eigenvalue weighted by Gasteiger charge is 2.45. The number of H-pyrrole nitrogens is 1. The molecule has 5 rings (SSSR count). The van der Waals surface area contributed by atoms with Gasteiger partial charge in [0.1, 0.15) is 43.0 Å². The molecular weight excluding hydrogens is 1220 g/mol. The van der Waals surface area contributed by atoms with Gasteiger partial charge in [0, 0.05) is 74.1 Å². The maximum Gasteiger partial charge on any atom is 0.325 e. The smallest absolute Gasteiger partial charge is 0.325 e. The molecule has 1 fully saturated rings. The maximum atomic E-state index is 14.8. The minimum absolute atomic E-state index is 0.0277. The Morgan fingerprint density at radius 2 is 1.42 bits per heavy atom. The summed E-state index contributed by atoms with van der Waals surface area (Å²) in [6, 6.07) is -3.03. The molecule has 472 valence electrons. The van der Waals surface area contributed by atoms with Gasteiger partial charge < -0.3 is 67.3 Å². The summed E-state index contributed by atoms with van der Waals surface area (Å²) in [5, 5.41) is 68.2. The highest BCUT2D eigenvalue weighted by molar-refractivity contribution is 9.09. The van der Waals surface area contributed by atoms with Crippen LogP contribution in [0.15, 0.2) is 23.2 Å². The normalized spacial score (nSPS) is 23.2. The second kappa shape index (κ2) is 32.4. The van der Waals surface area contributed by atoms with E-state index in [-0.39, 0.29) is 66.0 Å². The molecule has 4 heterocycles. The Morgan fingerprint density at radius 3 is 2.05 bits per heavy atom. The lowest BCUT2D eigenvalue weighted by molar-refractivity contribution is -0.168. The standard InChI is InChI=1S/C55H75BrN10O19S/c1-5-27(3)48-52(83)58-20-42(73)59-38-26-86-54-35(34-14-29(11-12-36(34)61-54)13-31(68)9-7-8-10-32(69)23-65(45(76)19-56)66(24-47(79)80)44(75)6-2)18-37(50(81)57-21-43(74)62-48)60-53(84)49(28(4)41(72)25-67)63-51(82)39-17-33(70)22-64(39)55(85)30(15-40(38)71)16-46(77)78/h11-12,14,27-28,30,33,37-39,41,48-49,61,67,70,72H,5-10,13,15-26H2,1-4H3,(H,57,81)(H,58,83)(H,59,73)(H,60,84)(H,62,74)(H,63,82)(H,77,78)(H,79,80)/t27-,28?,30-,33+,37+,38-,39-,41?,48-,49-/m0/s1. The van der Waals surface area contributed by atoms with Crippen molar-refractivity contribution in [1.29, 1.82) is 0 Å². The van der Waals surface area contributed by atoms with Crippen LogP contribution >= 0.6 is 27.7 Å². The average Bonchev–Trinajstić information content (AvgIpc) is 2.03. The Balaban J connectivity index is 1.58. The Bertz CT molecular complexity index is 2930. The molecule has 1 saturated heterocycles. The highest BCUT2D eigenvalue weighted by Crippen LogP contribution is 2.34. The quantitative estimate of drug-likeness (QED) is 0.0379. The number of thioether (sulfide) groups is 1. The van der Waals surface area contributed by atoms with E-state index in [1.807, 2.05) is 0 Å². The second-order valence-electron chi connectivity index (χ2n) is 21.6. The number of nitrogens with zero attached hydrogens (tertiary/aromatic N) is 3. The van der Waals surface area contributed by atoms with Gasteiger partial charge in [-0.2, -0.15) is 0 Å². The van der Waals surface area contributed by atoms with E-state index in [2.05, 4.69) is 52.8 Å². The van der Waals surface area contributed by atoms with E-state index >= 15 is 0 Å². The van der Waals surface area contributed by atoms with Gasteiger partial charge >= 0.3 is 11.9 Å². The number of halogens is 1. The van der Waals surface area contributed by atoms with E-state index in [4.69, 9.17) is 0 Å². The van der Waals surface area contributed by atoms with Gasteiger partial charge in [0.15, 0.2) is 11.6 Å². The summed E-state index contributed by atoms with van der Waals surface area (Å²) in [7, 11) is 0. The predicted octanol–water partition coefficient (Wildman–Crippen LogP) is -2.25. The zero-order valence-electron chi connectivity index (χ0n) is 48.0. The Hall–Kier alpha value is -7.35. The molecule has 1 aromatic carbocycles. The first-order valence-corrected chi connectivity index (χ1v) is 30.3. The van der Waals surface area contributed by atoms with Crippen LogP contribution in [0.1, 0.15) is 96.6 Å². The number of aromatic amines is 1. The number of fused-ring (bicyclic) bond motifs is 5.